The van der Waals surface area contributed by atoms with Crippen molar-refractivity contribution in [2.24, 2.45) is 0 Å². The van der Waals surface area contributed by atoms with Crippen molar-refractivity contribution in [1.82, 2.24) is 19.5 Å². The molecule has 2 heterocycles. The number of aromatic nitrogens is 3. The maximum atomic E-state index is 12.7. The predicted molar refractivity (Wildman–Crippen MR) is 94.4 cm³/mol. The van der Waals surface area contributed by atoms with Crippen molar-refractivity contribution in [3.63, 3.8) is 0 Å². The van der Waals surface area contributed by atoms with E-state index in [9.17, 15) is 4.79 Å². The van der Waals surface area contributed by atoms with Gasteiger partial charge in [0.2, 0.25) is 0 Å². The number of para-hydroxylation sites is 1. The zero-order chi connectivity index (χ0) is 17.1. The van der Waals surface area contributed by atoms with Crippen LogP contribution in [-0.4, -0.2) is 46.0 Å². The maximum Gasteiger partial charge on any atom is 0.261 e. The van der Waals surface area contributed by atoms with E-state index in [0.717, 1.165) is 29.9 Å². The Hall–Kier alpha value is -2.73. The van der Waals surface area contributed by atoms with Crippen LogP contribution in [0.2, 0.25) is 0 Å². The maximum absolute atomic E-state index is 12.7. The number of hydrogen-bond acceptors (Lipinski definition) is 4. The van der Waals surface area contributed by atoms with Crippen LogP contribution >= 0.6 is 0 Å². The van der Waals surface area contributed by atoms with E-state index in [1.807, 2.05) is 51.4 Å². The van der Waals surface area contributed by atoms with Gasteiger partial charge in [0.1, 0.15) is 5.56 Å². The largest absolute Gasteiger partial charge is 0.322 e. The van der Waals surface area contributed by atoms with Crippen molar-refractivity contribution in [3.05, 3.63) is 59.5 Å². The second kappa shape index (κ2) is 6.80. The van der Waals surface area contributed by atoms with E-state index in [-0.39, 0.29) is 5.91 Å². The van der Waals surface area contributed by atoms with Crippen LogP contribution in [0.4, 0.5) is 5.69 Å². The predicted octanol–water partition coefficient (Wildman–Crippen LogP) is 2.39. The minimum Gasteiger partial charge on any atom is -0.322 e. The summed E-state index contributed by atoms with van der Waals surface area (Å²) in [6.07, 6.45) is 4.23. The third kappa shape index (κ3) is 3.44. The SMILES string of the molecule is Cc1ccn2ncc(C(=O)Nc3ccccc3CCN(C)C)c2n1. The van der Waals surface area contributed by atoms with Crippen molar-refractivity contribution in [3.8, 4) is 0 Å². The molecule has 0 radical (unpaired) electrons. The second-order valence-electron chi connectivity index (χ2n) is 6.06. The lowest BCUT2D eigenvalue weighted by molar-refractivity contribution is 0.102. The fraction of sp³-hybridized carbons (Fsp3) is 0.278. The number of anilines is 1. The van der Waals surface area contributed by atoms with Crippen LogP contribution in [0.3, 0.4) is 0 Å². The number of amides is 1. The number of likely N-dealkylation sites (N-methyl/N-ethyl adjacent to an activating group) is 1. The van der Waals surface area contributed by atoms with Crippen LogP contribution in [0.1, 0.15) is 21.6 Å². The number of hydrogen-bond donors (Lipinski definition) is 1. The summed E-state index contributed by atoms with van der Waals surface area (Å²) in [5.41, 5.74) is 3.83. The standard InChI is InChI=1S/C18H21N5O/c1-13-8-11-23-17(20-13)15(12-19-23)18(24)21-16-7-5-4-6-14(16)9-10-22(2)3/h4-8,11-12H,9-10H2,1-3H3,(H,21,24). The summed E-state index contributed by atoms with van der Waals surface area (Å²) in [5, 5.41) is 7.19. The van der Waals surface area contributed by atoms with Crippen LogP contribution in [0.25, 0.3) is 5.65 Å². The van der Waals surface area contributed by atoms with Crippen LogP contribution in [0.15, 0.2) is 42.7 Å². The van der Waals surface area contributed by atoms with E-state index in [1.54, 1.807) is 16.9 Å². The first kappa shape index (κ1) is 16.1. The molecule has 0 bridgehead atoms. The third-order valence-electron chi connectivity index (χ3n) is 3.85. The zero-order valence-electron chi connectivity index (χ0n) is 14.2. The number of aryl methyl sites for hydroxylation is 1. The monoisotopic (exact) mass is 323 g/mol. The van der Waals surface area contributed by atoms with Crippen LogP contribution in [0.5, 0.6) is 0 Å². The molecule has 3 rings (SSSR count). The molecular formula is C18H21N5O. The molecule has 0 unspecified atom stereocenters. The van der Waals surface area contributed by atoms with Crippen molar-refractivity contribution in [1.29, 1.82) is 0 Å². The van der Waals surface area contributed by atoms with Crippen molar-refractivity contribution in [2.75, 3.05) is 26.0 Å². The number of carbonyl (C=O) groups excluding carboxylic acids is 1. The normalized spacial score (nSPS) is 11.2. The Kier molecular flexibility index (Phi) is 4.57. The summed E-state index contributed by atoms with van der Waals surface area (Å²) in [4.78, 5) is 19.2. The van der Waals surface area contributed by atoms with Gasteiger partial charge in [-0.15, -0.1) is 0 Å². The highest BCUT2D eigenvalue weighted by Crippen LogP contribution is 2.18. The Morgan fingerprint density at radius 1 is 1.25 bits per heavy atom. The summed E-state index contributed by atoms with van der Waals surface area (Å²) >= 11 is 0. The quantitative estimate of drug-likeness (QED) is 0.783. The zero-order valence-corrected chi connectivity index (χ0v) is 14.2. The van der Waals surface area contributed by atoms with E-state index in [4.69, 9.17) is 0 Å². The van der Waals surface area contributed by atoms with Gasteiger partial charge in [-0.3, -0.25) is 4.79 Å². The summed E-state index contributed by atoms with van der Waals surface area (Å²) < 4.78 is 1.61. The Morgan fingerprint density at radius 2 is 2.04 bits per heavy atom. The molecule has 1 aromatic carbocycles. The number of nitrogens with one attached hydrogen (secondary N) is 1. The van der Waals surface area contributed by atoms with Gasteiger partial charge in [-0.05, 0) is 45.1 Å². The second-order valence-corrected chi connectivity index (χ2v) is 6.06. The topological polar surface area (TPSA) is 62.5 Å². The van der Waals surface area contributed by atoms with Gasteiger partial charge in [0.05, 0.1) is 6.20 Å². The molecule has 0 aliphatic rings. The molecule has 124 valence electrons. The Labute approximate surface area is 141 Å². The smallest absolute Gasteiger partial charge is 0.261 e. The molecule has 0 aliphatic carbocycles. The molecular weight excluding hydrogens is 302 g/mol. The highest BCUT2D eigenvalue weighted by Gasteiger charge is 2.15. The van der Waals surface area contributed by atoms with Gasteiger partial charge in [0, 0.05) is 24.1 Å². The van der Waals surface area contributed by atoms with Crippen LogP contribution < -0.4 is 5.32 Å². The highest BCUT2D eigenvalue weighted by molar-refractivity contribution is 6.08. The Balaban J connectivity index is 1.85. The fourth-order valence-electron chi connectivity index (χ4n) is 2.51. The number of carbonyl (C=O) groups is 1. The summed E-state index contributed by atoms with van der Waals surface area (Å²) in [7, 11) is 4.07. The lowest BCUT2D eigenvalue weighted by Gasteiger charge is -2.13. The average Bonchev–Trinajstić information content (AvgIpc) is 2.97. The highest BCUT2D eigenvalue weighted by atomic mass is 16.1. The number of rotatable bonds is 5. The molecule has 0 saturated carbocycles. The molecule has 6 heteroatoms. The summed E-state index contributed by atoms with van der Waals surface area (Å²) in [6, 6.07) is 9.73. The molecule has 1 N–H and O–H groups in total. The lowest BCUT2D eigenvalue weighted by Crippen LogP contribution is -2.17. The summed E-state index contributed by atoms with van der Waals surface area (Å²) in [6.45, 7) is 2.82. The van der Waals surface area contributed by atoms with E-state index in [1.165, 1.54) is 0 Å². The van der Waals surface area contributed by atoms with E-state index >= 15 is 0 Å². The summed E-state index contributed by atoms with van der Waals surface area (Å²) in [5.74, 6) is -0.194. The van der Waals surface area contributed by atoms with Gasteiger partial charge in [-0.25, -0.2) is 9.50 Å². The number of benzene rings is 1. The first-order valence-electron chi connectivity index (χ1n) is 7.89. The minimum atomic E-state index is -0.194. The molecule has 1 amide bonds. The molecule has 0 fully saturated rings. The van der Waals surface area contributed by atoms with Crippen molar-refractivity contribution >= 4 is 17.2 Å². The Morgan fingerprint density at radius 3 is 2.83 bits per heavy atom. The average molecular weight is 323 g/mol. The molecule has 0 aliphatic heterocycles. The fourth-order valence-corrected chi connectivity index (χ4v) is 2.51. The van der Waals surface area contributed by atoms with Crippen LogP contribution in [-0.2, 0) is 6.42 Å². The van der Waals surface area contributed by atoms with Gasteiger partial charge < -0.3 is 10.2 Å². The van der Waals surface area contributed by atoms with Crippen molar-refractivity contribution in [2.45, 2.75) is 13.3 Å². The minimum absolute atomic E-state index is 0.194. The molecule has 0 atom stereocenters. The number of fused-ring (bicyclic) bond motifs is 1. The van der Waals surface area contributed by atoms with E-state index in [0.29, 0.717) is 11.2 Å². The molecule has 24 heavy (non-hydrogen) atoms. The molecule has 0 spiro atoms. The van der Waals surface area contributed by atoms with Gasteiger partial charge in [0.25, 0.3) is 5.91 Å². The van der Waals surface area contributed by atoms with Gasteiger partial charge in [0.15, 0.2) is 5.65 Å². The molecule has 0 saturated heterocycles. The van der Waals surface area contributed by atoms with Crippen molar-refractivity contribution < 1.29 is 4.79 Å². The van der Waals surface area contributed by atoms with E-state index in [2.05, 4.69) is 20.3 Å². The molecule has 3 aromatic rings. The van der Waals surface area contributed by atoms with Crippen LogP contribution in [0, 0.1) is 6.92 Å². The number of nitrogens with zero attached hydrogens (tertiary/aromatic N) is 4. The van der Waals surface area contributed by atoms with Gasteiger partial charge >= 0.3 is 0 Å². The molecule has 6 nitrogen and oxygen atoms in total. The molecule has 2 aromatic heterocycles. The first-order chi connectivity index (χ1) is 11.5. The third-order valence-corrected chi connectivity index (χ3v) is 3.85. The van der Waals surface area contributed by atoms with Gasteiger partial charge in [-0.2, -0.15) is 5.10 Å². The van der Waals surface area contributed by atoms with E-state index < -0.39 is 0 Å². The Bertz CT molecular complexity index is 869. The first-order valence-corrected chi connectivity index (χ1v) is 7.89. The lowest BCUT2D eigenvalue weighted by atomic mass is 10.1. The van der Waals surface area contributed by atoms with Gasteiger partial charge in [-0.1, -0.05) is 18.2 Å².